The standard InChI is InChI=1S/C23H23FN2O/c1-14-7-9-17-20(11-14)26-13-21(27)25-19-10-8-16(24)12-18(19)23(26)22(17)15-5-3-2-4-6-15/h7-12,15H,2-6,13H2,1H3,(H,25,27). The second-order valence-corrected chi connectivity index (χ2v) is 7.94. The molecule has 5 rings (SSSR count). The first-order valence-electron chi connectivity index (χ1n) is 9.84. The molecule has 0 spiro atoms. The van der Waals surface area contributed by atoms with Gasteiger partial charge in [0.25, 0.3) is 0 Å². The summed E-state index contributed by atoms with van der Waals surface area (Å²) in [4.78, 5) is 12.6. The molecule has 2 aromatic carbocycles. The van der Waals surface area contributed by atoms with Gasteiger partial charge >= 0.3 is 0 Å². The van der Waals surface area contributed by atoms with E-state index in [1.165, 1.54) is 41.8 Å². The Labute approximate surface area is 158 Å². The summed E-state index contributed by atoms with van der Waals surface area (Å²) in [7, 11) is 0. The van der Waals surface area contributed by atoms with E-state index in [2.05, 4.69) is 35.0 Å². The number of benzene rings is 2. The number of carbonyl (C=O) groups is 1. The van der Waals surface area contributed by atoms with Crippen molar-refractivity contribution in [2.24, 2.45) is 0 Å². The van der Waals surface area contributed by atoms with Gasteiger partial charge in [-0.05, 0) is 61.1 Å². The molecular formula is C23H23FN2O. The van der Waals surface area contributed by atoms with Crippen molar-refractivity contribution in [2.45, 2.75) is 51.5 Å². The maximum Gasteiger partial charge on any atom is 0.244 e. The van der Waals surface area contributed by atoms with Gasteiger partial charge in [0.2, 0.25) is 5.91 Å². The van der Waals surface area contributed by atoms with Gasteiger partial charge in [0.05, 0.1) is 11.4 Å². The van der Waals surface area contributed by atoms with Gasteiger partial charge in [-0.15, -0.1) is 0 Å². The molecule has 3 aromatic rings. The van der Waals surface area contributed by atoms with E-state index in [1.54, 1.807) is 12.1 Å². The first-order valence-corrected chi connectivity index (χ1v) is 9.84. The van der Waals surface area contributed by atoms with E-state index in [0.717, 1.165) is 29.6 Å². The number of hydrogen-bond acceptors (Lipinski definition) is 1. The number of carbonyl (C=O) groups excluding carboxylic acids is 1. The summed E-state index contributed by atoms with van der Waals surface area (Å²) < 4.78 is 16.3. The van der Waals surface area contributed by atoms with Gasteiger partial charge in [0.1, 0.15) is 12.4 Å². The molecule has 0 atom stereocenters. The number of aryl methyl sites for hydroxylation is 1. The Hall–Kier alpha value is -2.62. The van der Waals surface area contributed by atoms with Gasteiger partial charge in [-0.2, -0.15) is 0 Å². The minimum atomic E-state index is -0.271. The van der Waals surface area contributed by atoms with E-state index < -0.39 is 0 Å². The minimum absolute atomic E-state index is 0.0600. The van der Waals surface area contributed by atoms with Crippen LogP contribution in [0.1, 0.15) is 49.1 Å². The van der Waals surface area contributed by atoms with Crippen LogP contribution in [0.15, 0.2) is 36.4 Å². The average Bonchev–Trinajstić information content (AvgIpc) is 2.89. The predicted octanol–water partition coefficient (Wildman–Crippen LogP) is 5.76. The molecular weight excluding hydrogens is 339 g/mol. The lowest BCUT2D eigenvalue weighted by atomic mass is 9.81. The fourth-order valence-corrected chi connectivity index (χ4v) is 4.90. The monoisotopic (exact) mass is 362 g/mol. The predicted molar refractivity (Wildman–Crippen MR) is 107 cm³/mol. The third-order valence-corrected chi connectivity index (χ3v) is 6.09. The van der Waals surface area contributed by atoms with Gasteiger partial charge in [0.15, 0.2) is 0 Å². The van der Waals surface area contributed by atoms with Crippen LogP contribution in [0.4, 0.5) is 10.1 Å². The van der Waals surface area contributed by atoms with Crippen LogP contribution < -0.4 is 5.32 Å². The Balaban J connectivity index is 1.88. The van der Waals surface area contributed by atoms with Crippen LogP contribution in [-0.2, 0) is 11.3 Å². The minimum Gasteiger partial charge on any atom is -0.331 e. The number of nitrogens with zero attached hydrogens (tertiary/aromatic N) is 1. The number of rotatable bonds is 1. The topological polar surface area (TPSA) is 34.0 Å². The summed E-state index contributed by atoms with van der Waals surface area (Å²) in [6, 6.07) is 11.2. The second kappa shape index (κ2) is 6.22. The quantitative estimate of drug-likeness (QED) is 0.587. The molecule has 0 saturated heterocycles. The highest BCUT2D eigenvalue weighted by Crippen LogP contribution is 2.46. The van der Waals surface area contributed by atoms with E-state index in [1.807, 2.05) is 0 Å². The molecule has 0 unspecified atom stereocenters. The van der Waals surface area contributed by atoms with E-state index in [0.29, 0.717) is 11.6 Å². The first-order chi connectivity index (χ1) is 13.1. The van der Waals surface area contributed by atoms with Crippen molar-refractivity contribution in [3.63, 3.8) is 0 Å². The van der Waals surface area contributed by atoms with E-state index in [4.69, 9.17) is 0 Å². The average molecular weight is 362 g/mol. The third kappa shape index (κ3) is 2.66. The number of hydrogen-bond donors (Lipinski definition) is 1. The van der Waals surface area contributed by atoms with E-state index in [9.17, 15) is 9.18 Å². The Kier molecular flexibility index (Phi) is 3.81. The molecule has 1 aromatic heterocycles. The Bertz CT molecular complexity index is 1060. The summed E-state index contributed by atoms with van der Waals surface area (Å²) in [5.74, 6) is 0.132. The number of amides is 1. The van der Waals surface area contributed by atoms with Crippen molar-refractivity contribution in [1.82, 2.24) is 4.57 Å². The highest BCUT2D eigenvalue weighted by Gasteiger charge is 2.30. The SMILES string of the molecule is Cc1ccc2c(C3CCCCC3)c3n(c2c1)CC(=O)Nc1ccc(F)cc1-3. The molecule has 2 aliphatic rings. The highest BCUT2D eigenvalue weighted by atomic mass is 19.1. The van der Waals surface area contributed by atoms with Gasteiger partial charge in [0, 0.05) is 16.5 Å². The summed E-state index contributed by atoms with van der Waals surface area (Å²) >= 11 is 0. The molecule has 2 heterocycles. The Morgan fingerprint density at radius 2 is 1.89 bits per heavy atom. The smallest absolute Gasteiger partial charge is 0.244 e. The molecule has 1 amide bonds. The fourth-order valence-electron chi connectivity index (χ4n) is 4.90. The maximum atomic E-state index is 14.2. The van der Waals surface area contributed by atoms with Crippen LogP contribution in [0, 0.1) is 12.7 Å². The molecule has 1 aliphatic carbocycles. The maximum absolute atomic E-state index is 14.2. The van der Waals surface area contributed by atoms with Gasteiger partial charge in [-0.3, -0.25) is 4.79 Å². The van der Waals surface area contributed by atoms with Crippen molar-refractivity contribution in [3.8, 4) is 11.3 Å². The lowest BCUT2D eigenvalue weighted by Crippen LogP contribution is -2.16. The Morgan fingerprint density at radius 3 is 2.70 bits per heavy atom. The van der Waals surface area contributed by atoms with Crippen LogP contribution in [0.2, 0.25) is 0 Å². The van der Waals surface area contributed by atoms with Crippen LogP contribution in [0.3, 0.4) is 0 Å². The second-order valence-electron chi connectivity index (χ2n) is 7.94. The number of anilines is 1. The van der Waals surface area contributed by atoms with Gasteiger partial charge < -0.3 is 9.88 Å². The zero-order valence-electron chi connectivity index (χ0n) is 15.5. The van der Waals surface area contributed by atoms with Crippen LogP contribution in [-0.4, -0.2) is 10.5 Å². The van der Waals surface area contributed by atoms with Crippen molar-refractivity contribution < 1.29 is 9.18 Å². The number of fused-ring (bicyclic) bond motifs is 5. The van der Waals surface area contributed by atoms with Crippen molar-refractivity contribution >= 4 is 22.5 Å². The molecule has 138 valence electrons. The van der Waals surface area contributed by atoms with Crippen molar-refractivity contribution in [1.29, 1.82) is 0 Å². The highest BCUT2D eigenvalue weighted by molar-refractivity contribution is 6.03. The largest absolute Gasteiger partial charge is 0.331 e. The van der Waals surface area contributed by atoms with E-state index >= 15 is 0 Å². The van der Waals surface area contributed by atoms with Crippen LogP contribution >= 0.6 is 0 Å². The molecule has 1 aliphatic heterocycles. The van der Waals surface area contributed by atoms with Crippen LogP contribution in [0.5, 0.6) is 0 Å². The molecule has 1 saturated carbocycles. The molecule has 0 radical (unpaired) electrons. The molecule has 1 N–H and O–H groups in total. The van der Waals surface area contributed by atoms with Gasteiger partial charge in [-0.25, -0.2) is 4.39 Å². The zero-order valence-corrected chi connectivity index (χ0v) is 15.5. The van der Waals surface area contributed by atoms with Crippen molar-refractivity contribution in [2.75, 3.05) is 5.32 Å². The first kappa shape index (κ1) is 16.5. The zero-order chi connectivity index (χ0) is 18.5. The third-order valence-electron chi connectivity index (χ3n) is 6.09. The lowest BCUT2D eigenvalue weighted by Gasteiger charge is -2.23. The molecule has 0 bridgehead atoms. The summed E-state index contributed by atoms with van der Waals surface area (Å²) in [5, 5.41) is 4.18. The van der Waals surface area contributed by atoms with E-state index in [-0.39, 0.29) is 18.3 Å². The summed E-state index contributed by atoms with van der Waals surface area (Å²) in [6.45, 7) is 2.34. The Morgan fingerprint density at radius 1 is 1.07 bits per heavy atom. The molecule has 3 nitrogen and oxygen atoms in total. The number of nitrogens with one attached hydrogen (secondary N) is 1. The van der Waals surface area contributed by atoms with Crippen LogP contribution in [0.25, 0.3) is 22.2 Å². The molecule has 27 heavy (non-hydrogen) atoms. The van der Waals surface area contributed by atoms with Crippen molar-refractivity contribution in [3.05, 3.63) is 53.3 Å². The fraction of sp³-hybridized carbons (Fsp3) is 0.348. The summed E-state index contributed by atoms with van der Waals surface area (Å²) in [6.07, 6.45) is 6.07. The lowest BCUT2D eigenvalue weighted by molar-refractivity contribution is -0.116. The number of halogens is 1. The molecule has 1 fully saturated rings. The molecule has 4 heteroatoms. The normalized spacial score (nSPS) is 17.3. The summed E-state index contributed by atoms with van der Waals surface area (Å²) in [5.41, 5.74) is 6.08. The number of aromatic nitrogens is 1. The van der Waals surface area contributed by atoms with Gasteiger partial charge in [-0.1, -0.05) is 31.4 Å².